The highest BCUT2D eigenvalue weighted by Gasteiger charge is 2.49. The third kappa shape index (κ3) is 4.60. The Morgan fingerprint density at radius 3 is 2.32 bits per heavy atom. The molecule has 1 saturated carbocycles. The Kier molecular flexibility index (Phi) is 5.93. The van der Waals surface area contributed by atoms with Crippen molar-refractivity contribution in [3.63, 3.8) is 0 Å². The number of rotatable bonds is 1. The van der Waals surface area contributed by atoms with Crippen LogP contribution in [0.15, 0.2) is 0 Å². The van der Waals surface area contributed by atoms with Gasteiger partial charge in [-0.3, -0.25) is 9.69 Å². The first-order chi connectivity index (χ1) is 11.5. The van der Waals surface area contributed by atoms with E-state index >= 15 is 0 Å². The van der Waals surface area contributed by atoms with Gasteiger partial charge >= 0.3 is 12.1 Å². The Balaban J connectivity index is 0.000000277. The van der Waals surface area contributed by atoms with Gasteiger partial charge in [0.05, 0.1) is 18.8 Å². The number of alkyl halides is 4. The van der Waals surface area contributed by atoms with Gasteiger partial charge in [0.25, 0.3) is 5.91 Å². The quantitative estimate of drug-likeness (QED) is 0.708. The molecule has 2 aliphatic heterocycles. The van der Waals surface area contributed by atoms with Crippen molar-refractivity contribution in [1.82, 2.24) is 9.80 Å². The van der Waals surface area contributed by atoms with Crippen molar-refractivity contribution in [2.24, 2.45) is 0 Å². The summed E-state index contributed by atoms with van der Waals surface area (Å²) in [7, 11) is 2.06. The average Bonchev–Trinajstić information content (AvgIpc) is 2.52. The molecule has 0 aromatic carbocycles. The molecule has 1 N–H and O–H groups in total. The SMILES string of the molecule is CN1CCO[C@H]2CCN(C(=O)C3(F)CCC3)C[C@@H]21.O=C(O)C(F)(F)F. The van der Waals surface area contributed by atoms with Gasteiger partial charge in [-0.2, -0.15) is 13.2 Å². The van der Waals surface area contributed by atoms with Crippen molar-refractivity contribution in [2.75, 3.05) is 33.3 Å². The summed E-state index contributed by atoms with van der Waals surface area (Å²) >= 11 is 0. The third-order valence-corrected chi connectivity index (χ3v) is 4.92. The lowest BCUT2D eigenvalue weighted by Gasteiger charge is -2.47. The summed E-state index contributed by atoms with van der Waals surface area (Å²) in [5.41, 5.74) is -1.55. The van der Waals surface area contributed by atoms with Crippen LogP contribution in [0.3, 0.4) is 0 Å². The highest BCUT2D eigenvalue weighted by atomic mass is 19.4. The van der Waals surface area contributed by atoms with Crippen LogP contribution in [-0.2, 0) is 14.3 Å². The fourth-order valence-electron chi connectivity index (χ4n) is 3.21. The van der Waals surface area contributed by atoms with E-state index in [0.717, 1.165) is 26.0 Å². The van der Waals surface area contributed by atoms with E-state index in [9.17, 15) is 22.4 Å². The first kappa shape index (κ1) is 19.9. The van der Waals surface area contributed by atoms with Crippen molar-refractivity contribution < 1.29 is 37.0 Å². The highest BCUT2D eigenvalue weighted by molar-refractivity contribution is 5.86. The summed E-state index contributed by atoms with van der Waals surface area (Å²) < 4.78 is 51.6. The molecule has 0 aromatic heterocycles. The van der Waals surface area contributed by atoms with Gasteiger partial charge in [-0.15, -0.1) is 0 Å². The average molecular weight is 370 g/mol. The molecule has 0 unspecified atom stereocenters. The normalized spacial score (nSPS) is 28.9. The fourth-order valence-corrected chi connectivity index (χ4v) is 3.21. The molecule has 144 valence electrons. The maximum Gasteiger partial charge on any atom is 0.490 e. The lowest BCUT2D eigenvalue weighted by Crippen LogP contribution is -2.62. The van der Waals surface area contributed by atoms with Crippen LogP contribution in [0.2, 0.25) is 0 Å². The number of ether oxygens (including phenoxy) is 1. The molecule has 0 radical (unpaired) electrons. The van der Waals surface area contributed by atoms with E-state index < -0.39 is 17.8 Å². The molecular weight excluding hydrogens is 348 g/mol. The van der Waals surface area contributed by atoms with E-state index in [1.807, 2.05) is 0 Å². The van der Waals surface area contributed by atoms with Crippen molar-refractivity contribution in [3.05, 3.63) is 0 Å². The van der Waals surface area contributed by atoms with Crippen LogP contribution in [-0.4, -0.2) is 84.1 Å². The molecule has 1 amide bonds. The number of nitrogens with zero attached hydrogens (tertiary/aromatic N) is 2. The Morgan fingerprint density at radius 2 is 1.84 bits per heavy atom. The number of carboxylic acids is 1. The summed E-state index contributed by atoms with van der Waals surface area (Å²) in [6.45, 7) is 2.91. The molecule has 3 rings (SSSR count). The number of aliphatic carboxylic acids is 1. The molecule has 25 heavy (non-hydrogen) atoms. The van der Waals surface area contributed by atoms with E-state index in [2.05, 4.69) is 11.9 Å². The molecule has 1 aliphatic carbocycles. The second kappa shape index (κ2) is 7.45. The maximum absolute atomic E-state index is 14.2. The zero-order valence-corrected chi connectivity index (χ0v) is 13.9. The molecule has 3 fully saturated rings. The fraction of sp³-hybridized carbons (Fsp3) is 0.867. The van der Waals surface area contributed by atoms with Gasteiger partial charge in [-0.1, -0.05) is 0 Å². The summed E-state index contributed by atoms with van der Waals surface area (Å²) in [4.78, 5) is 25.0. The second-order valence-electron chi connectivity index (χ2n) is 6.62. The van der Waals surface area contributed by atoms with E-state index in [1.165, 1.54) is 0 Å². The molecule has 3 aliphatic rings. The number of piperidine rings is 1. The van der Waals surface area contributed by atoms with Crippen LogP contribution in [0.25, 0.3) is 0 Å². The van der Waals surface area contributed by atoms with E-state index in [0.29, 0.717) is 25.9 Å². The van der Waals surface area contributed by atoms with Gasteiger partial charge in [0, 0.05) is 19.6 Å². The van der Waals surface area contributed by atoms with Gasteiger partial charge in [-0.25, -0.2) is 9.18 Å². The standard InChI is InChI=1S/C13H21FN2O2.C2HF3O2/c1-15-7-8-18-11-3-6-16(9-10(11)15)12(17)13(14)4-2-5-13;3-2(4,5)1(6)7/h10-11H,2-9H2,1H3;(H,6,7)/t10-,11-;/m0./s1. The lowest BCUT2D eigenvalue weighted by molar-refractivity contribution is -0.192. The number of carboxylic acid groups (broad SMARTS) is 1. The minimum absolute atomic E-state index is 0.213. The van der Waals surface area contributed by atoms with Gasteiger partial charge in [-0.05, 0) is 32.7 Å². The summed E-state index contributed by atoms with van der Waals surface area (Å²) in [6, 6.07) is 0.236. The number of morpholine rings is 1. The largest absolute Gasteiger partial charge is 0.490 e. The topological polar surface area (TPSA) is 70.1 Å². The number of carbonyl (C=O) groups is 2. The summed E-state index contributed by atoms with van der Waals surface area (Å²) in [6.07, 6.45) is -2.39. The second-order valence-corrected chi connectivity index (χ2v) is 6.62. The Hall–Kier alpha value is -1.42. The predicted molar refractivity (Wildman–Crippen MR) is 78.7 cm³/mol. The predicted octanol–water partition coefficient (Wildman–Crippen LogP) is 1.44. The zero-order chi connectivity index (χ0) is 18.8. The number of fused-ring (bicyclic) bond motifs is 1. The number of amides is 1. The molecule has 2 saturated heterocycles. The Labute approximate surface area is 142 Å². The molecule has 0 bridgehead atoms. The Morgan fingerprint density at radius 1 is 1.24 bits per heavy atom. The van der Waals surface area contributed by atoms with Crippen molar-refractivity contribution in [1.29, 1.82) is 0 Å². The number of likely N-dealkylation sites (N-methyl/N-ethyl adjacent to an activating group) is 1. The zero-order valence-electron chi connectivity index (χ0n) is 13.9. The molecule has 0 aromatic rings. The van der Waals surface area contributed by atoms with E-state index in [1.54, 1.807) is 4.90 Å². The smallest absolute Gasteiger partial charge is 0.475 e. The number of carbonyl (C=O) groups excluding carboxylic acids is 1. The number of likely N-dealkylation sites (tertiary alicyclic amines) is 1. The third-order valence-electron chi connectivity index (χ3n) is 4.92. The van der Waals surface area contributed by atoms with Crippen LogP contribution in [0.5, 0.6) is 0 Å². The van der Waals surface area contributed by atoms with Crippen molar-refractivity contribution in [2.45, 2.75) is 49.7 Å². The van der Waals surface area contributed by atoms with Gasteiger partial charge < -0.3 is 14.7 Å². The maximum atomic E-state index is 14.2. The summed E-state index contributed by atoms with van der Waals surface area (Å²) in [5, 5.41) is 7.12. The van der Waals surface area contributed by atoms with Crippen LogP contribution >= 0.6 is 0 Å². The molecule has 2 atom stereocenters. The van der Waals surface area contributed by atoms with Gasteiger partial charge in [0.15, 0.2) is 5.67 Å². The highest BCUT2D eigenvalue weighted by Crippen LogP contribution is 2.38. The van der Waals surface area contributed by atoms with E-state index in [4.69, 9.17) is 14.6 Å². The molecule has 0 spiro atoms. The van der Waals surface area contributed by atoms with Crippen LogP contribution < -0.4 is 0 Å². The van der Waals surface area contributed by atoms with E-state index in [-0.39, 0.29) is 18.1 Å². The van der Waals surface area contributed by atoms with Crippen molar-refractivity contribution in [3.8, 4) is 0 Å². The molecule has 6 nitrogen and oxygen atoms in total. The monoisotopic (exact) mass is 370 g/mol. The minimum atomic E-state index is -5.08. The van der Waals surface area contributed by atoms with Crippen LogP contribution in [0, 0.1) is 0 Å². The number of hydrogen-bond donors (Lipinski definition) is 1. The Bertz CT molecular complexity index is 510. The van der Waals surface area contributed by atoms with Gasteiger partial charge in [0.1, 0.15) is 0 Å². The van der Waals surface area contributed by atoms with Crippen LogP contribution in [0.1, 0.15) is 25.7 Å². The number of halogens is 4. The molecule has 10 heteroatoms. The molecular formula is C15H22F4N2O4. The lowest BCUT2D eigenvalue weighted by atomic mass is 9.80. The van der Waals surface area contributed by atoms with Crippen molar-refractivity contribution >= 4 is 11.9 Å². The minimum Gasteiger partial charge on any atom is -0.475 e. The van der Waals surface area contributed by atoms with Crippen LogP contribution in [0.4, 0.5) is 17.6 Å². The number of hydrogen-bond acceptors (Lipinski definition) is 4. The molecule has 2 heterocycles. The summed E-state index contributed by atoms with van der Waals surface area (Å²) in [5.74, 6) is -3.04. The first-order valence-electron chi connectivity index (χ1n) is 8.15. The van der Waals surface area contributed by atoms with Gasteiger partial charge in [0.2, 0.25) is 0 Å². The first-order valence-corrected chi connectivity index (χ1v) is 8.15.